The zero-order chi connectivity index (χ0) is 6.41. The summed E-state index contributed by atoms with van der Waals surface area (Å²) in [6, 6.07) is 0. The van der Waals surface area contributed by atoms with Crippen molar-refractivity contribution in [1.29, 1.82) is 5.26 Å². The molecule has 3 heteroatoms. The van der Waals surface area contributed by atoms with Crippen LogP contribution in [0.25, 0.3) is 0 Å². The Hall–Kier alpha value is -0.750. The molecule has 0 spiro atoms. The van der Waals surface area contributed by atoms with Crippen LogP contribution >= 0.6 is 0 Å². The van der Waals surface area contributed by atoms with Crippen molar-refractivity contribution in [2.45, 2.75) is 20.1 Å². The maximum atomic E-state index is 7.91. The van der Waals surface area contributed by atoms with Gasteiger partial charge < -0.3 is 9.47 Å². The fraction of sp³-hybridized carbons (Fsp3) is 0.800. The van der Waals surface area contributed by atoms with Gasteiger partial charge in [0, 0.05) is 6.61 Å². The van der Waals surface area contributed by atoms with Crippen molar-refractivity contribution < 1.29 is 9.47 Å². The predicted octanol–water partition coefficient (Wildman–Crippen LogP) is 0.867. The van der Waals surface area contributed by atoms with Gasteiger partial charge in [0.1, 0.15) is 0 Å². The normalized spacial score (nSPS) is 12.1. The zero-order valence-corrected chi connectivity index (χ0v) is 5.05. The molecule has 0 aliphatic rings. The Bertz CT molecular complexity index is 86.9. The number of hydrogen-bond acceptors (Lipinski definition) is 3. The lowest BCUT2D eigenvalue weighted by atomic mass is 10.7. The lowest BCUT2D eigenvalue weighted by molar-refractivity contribution is -0.0808. The summed E-state index contributed by atoms with van der Waals surface area (Å²) in [5.74, 6) is 0. The molecule has 1 atom stereocenters. The number of rotatable bonds is 3. The molecule has 0 aliphatic heterocycles. The van der Waals surface area contributed by atoms with E-state index in [1.807, 2.05) is 6.92 Å². The summed E-state index contributed by atoms with van der Waals surface area (Å²) in [6.45, 7) is 4.09. The highest BCUT2D eigenvalue weighted by Gasteiger charge is 1.95. The Balaban J connectivity index is 3.08. The molecule has 0 aliphatic carbocycles. The summed E-state index contributed by atoms with van der Waals surface area (Å²) < 4.78 is 9.20. The van der Waals surface area contributed by atoms with Crippen molar-refractivity contribution in [2.75, 3.05) is 6.61 Å². The summed E-state index contributed by atoms with van der Waals surface area (Å²) >= 11 is 0. The molecule has 0 bridgehead atoms. The van der Waals surface area contributed by atoms with Gasteiger partial charge in [-0.2, -0.15) is 5.26 Å². The first-order valence-corrected chi connectivity index (χ1v) is 2.47. The third-order valence-corrected chi connectivity index (χ3v) is 0.620. The molecule has 0 aromatic carbocycles. The molecule has 0 radical (unpaired) electrons. The topological polar surface area (TPSA) is 42.2 Å². The van der Waals surface area contributed by atoms with Gasteiger partial charge in [-0.05, 0) is 13.8 Å². The van der Waals surface area contributed by atoms with Crippen molar-refractivity contribution in [2.24, 2.45) is 0 Å². The quantitative estimate of drug-likeness (QED) is 0.404. The Morgan fingerprint density at radius 3 is 2.75 bits per heavy atom. The van der Waals surface area contributed by atoms with E-state index in [1.165, 1.54) is 6.26 Å². The zero-order valence-electron chi connectivity index (χ0n) is 5.05. The van der Waals surface area contributed by atoms with E-state index in [2.05, 4.69) is 4.74 Å². The SMILES string of the molecule is CCOC(C)OC#N. The smallest absolute Gasteiger partial charge is 0.289 e. The van der Waals surface area contributed by atoms with E-state index in [0.717, 1.165) is 0 Å². The third-order valence-electron chi connectivity index (χ3n) is 0.620. The maximum absolute atomic E-state index is 7.91. The van der Waals surface area contributed by atoms with Gasteiger partial charge in [0.25, 0.3) is 6.26 Å². The number of ether oxygens (including phenoxy) is 2. The summed E-state index contributed by atoms with van der Waals surface area (Å²) in [6.07, 6.45) is 1.13. The van der Waals surface area contributed by atoms with Crippen LogP contribution in [0, 0.1) is 11.5 Å². The molecule has 0 aromatic rings. The van der Waals surface area contributed by atoms with Crippen LogP contribution in [0.3, 0.4) is 0 Å². The Labute approximate surface area is 48.8 Å². The largest absolute Gasteiger partial charge is 0.396 e. The van der Waals surface area contributed by atoms with Crippen LogP contribution in [-0.2, 0) is 9.47 Å². The van der Waals surface area contributed by atoms with E-state index in [9.17, 15) is 0 Å². The van der Waals surface area contributed by atoms with Crippen LogP contribution in [0.4, 0.5) is 0 Å². The average molecular weight is 115 g/mol. The fourth-order valence-corrected chi connectivity index (χ4v) is 0.343. The molecular weight excluding hydrogens is 106 g/mol. The minimum absolute atomic E-state index is 0.398. The van der Waals surface area contributed by atoms with Crippen molar-refractivity contribution in [3.63, 3.8) is 0 Å². The Morgan fingerprint density at radius 1 is 1.75 bits per heavy atom. The fourth-order valence-electron chi connectivity index (χ4n) is 0.343. The minimum Gasteiger partial charge on any atom is -0.396 e. The maximum Gasteiger partial charge on any atom is 0.289 e. The van der Waals surface area contributed by atoms with Crippen LogP contribution in [0.1, 0.15) is 13.8 Å². The van der Waals surface area contributed by atoms with Gasteiger partial charge in [0.05, 0.1) is 0 Å². The van der Waals surface area contributed by atoms with Crippen LogP contribution in [-0.4, -0.2) is 12.9 Å². The molecule has 1 unspecified atom stereocenters. The highest BCUT2D eigenvalue weighted by atomic mass is 16.7. The minimum atomic E-state index is -0.398. The second kappa shape index (κ2) is 4.41. The highest BCUT2D eigenvalue weighted by molar-refractivity contribution is 4.47. The molecule has 0 saturated heterocycles. The lowest BCUT2D eigenvalue weighted by Gasteiger charge is -2.05. The standard InChI is InChI=1S/C5H9NO2/c1-3-7-5(2)8-4-6/h5H,3H2,1-2H3. The summed E-state index contributed by atoms with van der Waals surface area (Å²) in [5.41, 5.74) is 0. The van der Waals surface area contributed by atoms with E-state index < -0.39 is 6.29 Å². The molecule has 0 heterocycles. The summed E-state index contributed by atoms with van der Waals surface area (Å²) in [4.78, 5) is 0. The number of hydrogen-bond donors (Lipinski definition) is 0. The molecular formula is C5H9NO2. The van der Waals surface area contributed by atoms with Crippen molar-refractivity contribution >= 4 is 0 Å². The second-order valence-electron chi connectivity index (χ2n) is 1.23. The third kappa shape index (κ3) is 3.44. The average Bonchev–Trinajstić information content (AvgIpc) is 1.68. The van der Waals surface area contributed by atoms with Gasteiger partial charge in [-0.25, -0.2) is 0 Å². The first-order chi connectivity index (χ1) is 3.81. The van der Waals surface area contributed by atoms with Gasteiger partial charge >= 0.3 is 0 Å². The first kappa shape index (κ1) is 7.25. The molecule has 8 heavy (non-hydrogen) atoms. The second-order valence-corrected chi connectivity index (χ2v) is 1.23. The first-order valence-electron chi connectivity index (χ1n) is 2.47. The Kier molecular flexibility index (Phi) is 4.00. The van der Waals surface area contributed by atoms with E-state index in [0.29, 0.717) is 6.61 Å². The van der Waals surface area contributed by atoms with Gasteiger partial charge in [0.2, 0.25) is 6.29 Å². The number of nitriles is 1. The van der Waals surface area contributed by atoms with Crippen LogP contribution < -0.4 is 0 Å². The van der Waals surface area contributed by atoms with Gasteiger partial charge in [-0.1, -0.05) is 0 Å². The predicted molar refractivity (Wildman–Crippen MR) is 27.8 cm³/mol. The molecule has 0 amide bonds. The molecule has 0 saturated carbocycles. The van der Waals surface area contributed by atoms with E-state index in [1.54, 1.807) is 6.92 Å². The lowest BCUT2D eigenvalue weighted by Crippen LogP contribution is -2.08. The van der Waals surface area contributed by atoms with Crippen LogP contribution in [0.5, 0.6) is 0 Å². The Morgan fingerprint density at radius 2 is 2.38 bits per heavy atom. The van der Waals surface area contributed by atoms with Gasteiger partial charge in [-0.15, -0.1) is 0 Å². The van der Waals surface area contributed by atoms with Gasteiger partial charge in [-0.3, -0.25) is 0 Å². The van der Waals surface area contributed by atoms with E-state index >= 15 is 0 Å². The van der Waals surface area contributed by atoms with Crippen molar-refractivity contribution in [3.8, 4) is 6.26 Å². The monoisotopic (exact) mass is 115 g/mol. The van der Waals surface area contributed by atoms with Crippen molar-refractivity contribution in [1.82, 2.24) is 0 Å². The van der Waals surface area contributed by atoms with E-state index in [4.69, 9.17) is 10.00 Å². The number of nitrogens with zero attached hydrogens (tertiary/aromatic N) is 1. The molecule has 3 nitrogen and oxygen atoms in total. The molecule has 0 fully saturated rings. The van der Waals surface area contributed by atoms with Crippen LogP contribution in [0.2, 0.25) is 0 Å². The van der Waals surface area contributed by atoms with E-state index in [-0.39, 0.29) is 0 Å². The summed E-state index contributed by atoms with van der Waals surface area (Å²) in [5, 5.41) is 7.91. The molecule has 0 aromatic heterocycles. The molecule has 0 rings (SSSR count). The molecule has 46 valence electrons. The van der Waals surface area contributed by atoms with Gasteiger partial charge in [0.15, 0.2) is 0 Å². The highest BCUT2D eigenvalue weighted by Crippen LogP contribution is 1.89. The summed E-state index contributed by atoms with van der Waals surface area (Å²) in [7, 11) is 0. The van der Waals surface area contributed by atoms with Crippen molar-refractivity contribution in [3.05, 3.63) is 0 Å². The molecule has 0 N–H and O–H groups in total. The van der Waals surface area contributed by atoms with Crippen LogP contribution in [0.15, 0.2) is 0 Å².